The van der Waals surface area contributed by atoms with Gasteiger partial charge in [-0.15, -0.1) is 0 Å². The minimum Gasteiger partial charge on any atom is -0.481 e. The summed E-state index contributed by atoms with van der Waals surface area (Å²) in [6.07, 6.45) is 1.15. The van der Waals surface area contributed by atoms with E-state index < -0.39 is 13.1 Å². The van der Waals surface area contributed by atoms with Gasteiger partial charge in [0.15, 0.2) is 0 Å². The quantitative estimate of drug-likeness (QED) is 0.389. The molecule has 0 spiro atoms. The van der Waals surface area contributed by atoms with Crippen molar-refractivity contribution in [3.63, 3.8) is 0 Å². The van der Waals surface area contributed by atoms with Gasteiger partial charge < -0.3 is 20.9 Å². The normalized spacial score (nSPS) is 12.6. The Bertz CT molecular complexity index is 142. The van der Waals surface area contributed by atoms with E-state index >= 15 is 0 Å². The third-order valence-electron chi connectivity index (χ3n) is 1.48. The molecule has 0 aliphatic rings. The highest BCUT2D eigenvalue weighted by atomic mass is 16.4. The number of hydrogen-bond donors (Lipinski definition) is 4. The highest BCUT2D eigenvalue weighted by molar-refractivity contribution is 6.41. The lowest BCUT2D eigenvalue weighted by Crippen LogP contribution is -2.27. The third-order valence-corrected chi connectivity index (χ3v) is 1.48. The van der Waals surface area contributed by atoms with Crippen LogP contribution in [0.25, 0.3) is 0 Å². The topological polar surface area (TPSA) is 104 Å². The Morgan fingerprint density at radius 2 is 2.08 bits per heavy atom. The lowest BCUT2D eigenvalue weighted by atomic mass is 9.80. The van der Waals surface area contributed by atoms with E-state index in [1.54, 1.807) is 0 Å². The number of rotatable bonds is 6. The van der Waals surface area contributed by atoms with Crippen LogP contribution < -0.4 is 5.73 Å². The van der Waals surface area contributed by atoms with Gasteiger partial charge in [0.2, 0.25) is 0 Å². The molecule has 5 nitrogen and oxygen atoms in total. The summed E-state index contributed by atoms with van der Waals surface area (Å²) in [4.78, 5) is 10.1. The minimum atomic E-state index is -1.40. The van der Waals surface area contributed by atoms with E-state index in [0.717, 1.165) is 0 Å². The van der Waals surface area contributed by atoms with E-state index in [4.69, 9.17) is 20.9 Å². The molecule has 1 unspecified atom stereocenters. The monoisotopic (exact) mass is 175 g/mol. The van der Waals surface area contributed by atoms with E-state index in [0.29, 0.717) is 12.8 Å². The van der Waals surface area contributed by atoms with Crippen LogP contribution in [0.3, 0.4) is 0 Å². The fraction of sp³-hybridized carbons (Fsp3) is 0.833. The van der Waals surface area contributed by atoms with E-state index in [-0.39, 0.29) is 18.8 Å². The molecule has 0 heterocycles. The number of aliphatic carboxylic acids is 1. The highest BCUT2D eigenvalue weighted by Gasteiger charge is 2.13. The maximum Gasteiger partial charge on any atom is 0.452 e. The molecule has 0 aromatic rings. The van der Waals surface area contributed by atoms with Gasteiger partial charge in [-0.2, -0.15) is 0 Å². The fourth-order valence-corrected chi connectivity index (χ4v) is 0.904. The van der Waals surface area contributed by atoms with Crippen LogP contribution in [0.15, 0.2) is 0 Å². The van der Waals surface area contributed by atoms with Crippen molar-refractivity contribution in [3.05, 3.63) is 0 Å². The smallest absolute Gasteiger partial charge is 0.452 e. The predicted molar refractivity (Wildman–Crippen MR) is 44.5 cm³/mol. The molecule has 1 atom stereocenters. The SMILES string of the molecule is NC(CCCC(=O)O)CB(O)O. The molecule has 70 valence electrons. The van der Waals surface area contributed by atoms with Gasteiger partial charge in [0.25, 0.3) is 0 Å². The van der Waals surface area contributed by atoms with Crippen molar-refractivity contribution in [2.24, 2.45) is 5.73 Å². The summed E-state index contributed by atoms with van der Waals surface area (Å²) in [5.41, 5.74) is 5.45. The summed E-state index contributed by atoms with van der Waals surface area (Å²) in [7, 11) is -1.40. The maximum absolute atomic E-state index is 10.1. The van der Waals surface area contributed by atoms with Crippen LogP contribution in [0.2, 0.25) is 6.32 Å². The largest absolute Gasteiger partial charge is 0.481 e. The first-order valence-corrected chi connectivity index (χ1v) is 3.86. The van der Waals surface area contributed by atoms with E-state index in [1.807, 2.05) is 0 Å². The lowest BCUT2D eigenvalue weighted by molar-refractivity contribution is -0.137. The molecular formula is C6H14BNO4. The average Bonchev–Trinajstić information content (AvgIpc) is 1.84. The van der Waals surface area contributed by atoms with Crippen molar-refractivity contribution < 1.29 is 19.9 Å². The van der Waals surface area contributed by atoms with E-state index in [9.17, 15) is 4.79 Å². The zero-order valence-electron chi connectivity index (χ0n) is 6.81. The molecule has 0 bridgehead atoms. The maximum atomic E-state index is 10.1. The van der Waals surface area contributed by atoms with Crippen molar-refractivity contribution in [2.45, 2.75) is 31.6 Å². The molecule has 0 radical (unpaired) electrons. The van der Waals surface area contributed by atoms with Crippen molar-refractivity contribution in [1.29, 1.82) is 0 Å². The molecule has 0 rings (SSSR count). The van der Waals surface area contributed by atoms with Crippen LogP contribution in [-0.2, 0) is 4.79 Å². The summed E-state index contributed by atoms with van der Waals surface area (Å²) >= 11 is 0. The van der Waals surface area contributed by atoms with Gasteiger partial charge in [-0.05, 0) is 19.2 Å². The van der Waals surface area contributed by atoms with Crippen molar-refractivity contribution in [2.75, 3.05) is 0 Å². The number of carboxylic acid groups (broad SMARTS) is 1. The summed E-state index contributed by atoms with van der Waals surface area (Å²) in [6, 6.07) is -0.329. The van der Waals surface area contributed by atoms with Gasteiger partial charge >= 0.3 is 13.1 Å². The molecule has 0 amide bonds. The van der Waals surface area contributed by atoms with E-state index in [2.05, 4.69) is 0 Å². The van der Waals surface area contributed by atoms with Gasteiger partial charge in [-0.3, -0.25) is 4.79 Å². The van der Waals surface area contributed by atoms with Crippen LogP contribution in [0.4, 0.5) is 0 Å². The van der Waals surface area contributed by atoms with E-state index in [1.165, 1.54) is 0 Å². The number of carboxylic acids is 1. The number of hydrogen-bond acceptors (Lipinski definition) is 4. The van der Waals surface area contributed by atoms with Gasteiger partial charge in [0.1, 0.15) is 0 Å². The molecule has 0 aromatic carbocycles. The molecular weight excluding hydrogens is 161 g/mol. The Labute approximate surface area is 71.3 Å². The van der Waals surface area contributed by atoms with Crippen molar-refractivity contribution >= 4 is 13.1 Å². The first-order chi connectivity index (χ1) is 5.52. The Kier molecular flexibility index (Phi) is 5.70. The minimum absolute atomic E-state index is 0.0786. The zero-order chi connectivity index (χ0) is 9.56. The molecule has 0 fully saturated rings. The Morgan fingerprint density at radius 1 is 1.50 bits per heavy atom. The van der Waals surface area contributed by atoms with Gasteiger partial charge in [0.05, 0.1) is 0 Å². The fourth-order valence-electron chi connectivity index (χ4n) is 0.904. The summed E-state index contributed by atoms with van der Waals surface area (Å²) in [5.74, 6) is -0.855. The second-order valence-electron chi connectivity index (χ2n) is 2.76. The molecule has 0 aliphatic heterocycles. The highest BCUT2D eigenvalue weighted by Crippen LogP contribution is 2.03. The molecule has 0 aromatic heterocycles. The Morgan fingerprint density at radius 3 is 2.50 bits per heavy atom. The lowest BCUT2D eigenvalue weighted by Gasteiger charge is -2.08. The van der Waals surface area contributed by atoms with Gasteiger partial charge in [-0.25, -0.2) is 0 Å². The number of carbonyl (C=O) groups is 1. The Hall–Kier alpha value is -0.585. The molecule has 5 N–H and O–H groups in total. The molecule has 6 heteroatoms. The summed E-state index contributed by atoms with van der Waals surface area (Å²) in [5, 5.41) is 25.2. The molecule has 0 saturated carbocycles. The zero-order valence-corrected chi connectivity index (χ0v) is 6.81. The van der Waals surface area contributed by atoms with Crippen LogP contribution in [0.5, 0.6) is 0 Å². The summed E-state index contributed by atoms with van der Waals surface area (Å²) in [6.45, 7) is 0. The van der Waals surface area contributed by atoms with Crippen LogP contribution in [0, 0.1) is 0 Å². The van der Waals surface area contributed by atoms with Gasteiger partial charge in [0, 0.05) is 12.5 Å². The Balaban J connectivity index is 3.31. The first kappa shape index (κ1) is 11.4. The predicted octanol–water partition coefficient (Wildman–Crippen LogP) is -0.959. The standard InChI is InChI=1S/C6H14BNO4/c8-5(4-7(11)12)2-1-3-6(9)10/h5,11-12H,1-4,8H2,(H,9,10). The molecule has 0 aliphatic carbocycles. The summed E-state index contributed by atoms with van der Waals surface area (Å²) < 4.78 is 0. The molecule has 12 heavy (non-hydrogen) atoms. The number of nitrogens with two attached hydrogens (primary N) is 1. The van der Waals surface area contributed by atoms with Crippen molar-refractivity contribution in [3.8, 4) is 0 Å². The first-order valence-electron chi connectivity index (χ1n) is 3.86. The second-order valence-corrected chi connectivity index (χ2v) is 2.76. The molecule has 0 saturated heterocycles. The average molecular weight is 175 g/mol. The third kappa shape index (κ3) is 7.52. The van der Waals surface area contributed by atoms with Crippen molar-refractivity contribution in [1.82, 2.24) is 0 Å². The van der Waals surface area contributed by atoms with Gasteiger partial charge in [-0.1, -0.05) is 0 Å². The van der Waals surface area contributed by atoms with Crippen LogP contribution in [0.1, 0.15) is 19.3 Å². The van der Waals surface area contributed by atoms with Crippen LogP contribution in [-0.4, -0.2) is 34.3 Å². The second kappa shape index (κ2) is 5.99. The van der Waals surface area contributed by atoms with Crippen LogP contribution >= 0.6 is 0 Å².